The van der Waals surface area contributed by atoms with Crippen LogP contribution in [0.15, 0.2) is 35.1 Å². The minimum absolute atomic E-state index is 0.128. The number of carbonyl (C=O) groups is 2. The number of aromatic carboxylic acids is 1. The van der Waals surface area contributed by atoms with Gasteiger partial charge in [0.25, 0.3) is 5.91 Å². The first-order valence-corrected chi connectivity index (χ1v) is 6.09. The Kier molecular flexibility index (Phi) is 4.04. The zero-order valence-corrected chi connectivity index (χ0v) is 11.4. The molecular weight excluding hydrogens is 333 g/mol. The van der Waals surface area contributed by atoms with E-state index in [4.69, 9.17) is 5.11 Å². The van der Waals surface area contributed by atoms with Gasteiger partial charge in [-0.15, -0.1) is 0 Å². The third-order valence-corrected chi connectivity index (χ3v) is 2.94. The molecule has 8 heteroatoms. The van der Waals surface area contributed by atoms with Crippen molar-refractivity contribution in [1.29, 1.82) is 0 Å². The van der Waals surface area contributed by atoms with Gasteiger partial charge < -0.3 is 10.4 Å². The number of aromatic nitrogens is 2. The van der Waals surface area contributed by atoms with E-state index in [1.807, 2.05) is 0 Å². The molecule has 0 saturated heterocycles. The van der Waals surface area contributed by atoms with E-state index in [1.54, 1.807) is 0 Å². The van der Waals surface area contributed by atoms with Crippen LogP contribution in [-0.4, -0.2) is 27.0 Å². The zero-order chi connectivity index (χ0) is 14.7. The van der Waals surface area contributed by atoms with E-state index in [9.17, 15) is 14.0 Å². The lowest BCUT2D eigenvalue weighted by Gasteiger charge is -2.07. The number of hydrogen-bond acceptors (Lipinski definition) is 4. The lowest BCUT2D eigenvalue weighted by Crippen LogP contribution is -2.18. The average molecular weight is 340 g/mol. The smallest absolute Gasteiger partial charge is 0.358 e. The Hall–Kier alpha value is -2.35. The summed E-state index contributed by atoms with van der Waals surface area (Å²) in [6.45, 7) is 0. The van der Waals surface area contributed by atoms with Crippen LogP contribution in [-0.2, 0) is 0 Å². The maximum Gasteiger partial charge on any atom is 0.358 e. The summed E-state index contributed by atoms with van der Waals surface area (Å²) >= 11 is 2.96. The number of amides is 1. The number of rotatable bonds is 3. The maximum absolute atomic E-state index is 13.8. The fourth-order valence-corrected chi connectivity index (χ4v) is 1.81. The number of carboxylic acid groups (broad SMARTS) is 1. The van der Waals surface area contributed by atoms with Crippen LogP contribution in [0.1, 0.15) is 20.8 Å². The summed E-state index contributed by atoms with van der Waals surface area (Å²) in [5.74, 6) is -3.15. The number of benzene rings is 1. The zero-order valence-electron chi connectivity index (χ0n) is 9.80. The molecular formula is C12H7BrFN3O3. The van der Waals surface area contributed by atoms with Crippen molar-refractivity contribution in [3.8, 4) is 0 Å². The molecule has 2 rings (SSSR count). The number of carboxylic acids is 1. The van der Waals surface area contributed by atoms with E-state index < -0.39 is 23.4 Å². The summed E-state index contributed by atoms with van der Waals surface area (Å²) in [5.41, 5.74) is -0.655. The number of nitrogens with one attached hydrogen (secondary N) is 1. The molecule has 20 heavy (non-hydrogen) atoms. The molecule has 1 heterocycles. The van der Waals surface area contributed by atoms with Crippen LogP contribution in [0.2, 0.25) is 0 Å². The molecule has 2 N–H and O–H groups in total. The van der Waals surface area contributed by atoms with Gasteiger partial charge in [-0.05, 0) is 28.1 Å². The fourth-order valence-electron chi connectivity index (χ4n) is 1.44. The highest BCUT2D eigenvalue weighted by Crippen LogP contribution is 2.19. The van der Waals surface area contributed by atoms with Gasteiger partial charge >= 0.3 is 5.97 Å². The Bertz CT molecular complexity index is 693. The Labute approximate surface area is 120 Å². The molecule has 0 saturated carbocycles. The lowest BCUT2D eigenvalue weighted by molar-refractivity contribution is 0.0691. The highest BCUT2D eigenvalue weighted by Gasteiger charge is 2.18. The van der Waals surface area contributed by atoms with Gasteiger partial charge in [-0.3, -0.25) is 4.79 Å². The van der Waals surface area contributed by atoms with Gasteiger partial charge in [0.2, 0.25) is 0 Å². The van der Waals surface area contributed by atoms with Crippen molar-refractivity contribution < 1.29 is 19.1 Å². The topological polar surface area (TPSA) is 92.2 Å². The Morgan fingerprint density at radius 1 is 1.25 bits per heavy atom. The van der Waals surface area contributed by atoms with Crippen LogP contribution in [0.3, 0.4) is 0 Å². The molecule has 0 unspecified atom stereocenters. The average Bonchev–Trinajstić information content (AvgIpc) is 2.42. The molecule has 1 aromatic carbocycles. The minimum Gasteiger partial charge on any atom is -0.476 e. The number of anilines is 1. The van der Waals surface area contributed by atoms with E-state index in [0.717, 1.165) is 0 Å². The Morgan fingerprint density at radius 2 is 1.95 bits per heavy atom. The Balaban J connectivity index is 2.33. The largest absolute Gasteiger partial charge is 0.476 e. The first kappa shape index (κ1) is 14.1. The summed E-state index contributed by atoms with van der Waals surface area (Å²) in [6.07, 6.45) is 2.40. The lowest BCUT2D eigenvalue weighted by atomic mass is 10.2. The molecule has 0 bridgehead atoms. The first-order chi connectivity index (χ1) is 9.50. The van der Waals surface area contributed by atoms with Gasteiger partial charge in [-0.25, -0.2) is 19.2 Å². The monoisotopic (exact) mass is 339 g/mol. The molecule has 0 aliphatic rings. The first-order valence-electron chi connectivity index (χ1n) is 5.30. The van der Waals surface area contributed by atoms with E-state index in [-0.39, 0.29) is 15.9 Å². The highest BCUT2D eigenvalue weighted by atomic mass is 79.9. The molecule has 0 atom stereocenters. The summed E-state index contributed by atoms with van der Waals surface area (Å²) in [6, 6.07) is 4.19. The van der Waals surface area contributed by atoms with Gasteiger partial charge in [-0.1, -0.05) is 6.07 Å². The summed E-state index contributed by atoms with van der Waals surface area (Å²) in [7, 11) is 0. The quantitative estimate of drug-likeness (QED) is 0.895. The molecule has 6 nitrogen and oxygen atoms in total. The third-order valence-electron chi connectivity index (χ3n) is 2.33. The molecule has 1 aromatic heterocycles. The van der Waals surface area contributed by atoms with Gasteiger partial charge in [0.05, 0.1) is 10.0 Å². The van der Waals surface area contributed by atoms with Gasteiger partial charge in [0.1, 0.15) is 5.82 Å². The van der Waals surface area contributed by atoms with Crippen molar-refractivity contribution in [2.45, 2.75) is 0 Å². The minimum atomic E-state index is -1.34. The number of nitrogens with zero attached hydrogens (tertiary/aromatic N) is 2. The van der Waals surface area contributed by atoms with Crippen molar-refractivity contribution in [3.05, 3.63) is 52.1 Å². The molecule has 0 spiro atoms. The second-order valence-corrected chi connectivity index (χ2v) is 4.47. The molecule has 0 aliphatic heterocycles. The molecule has 0 aliphatic carbocycles. The predicted octanol–water partition coefficient (Wildman–Crippen LogP) is 2.33. The van der Waals surface area contributed by atoms with Gasteiger partial charge in [-0.2, -0.15) is 0 Å². The van der Waals surface area contributed by atoms with Crippen molar-refractivity contribution in [2.24, 2.45) is 0 Å². The van der Waals surface area contributed by atoms with Crippen molar-refractivity contribution >= 4 is 33.6 Å². The second-order valence-electron chi connectivity index (χ2n) is 3.61. The van der Waals surface area contributed by atoms with Crippen LogP contribution >= 0.6 is 15.9 Å². The molecule has 102 valence electrons. The van der Waals surface area contributed by atoms with Crippen LogP contribution in [0.5, 0.6) is 0 Å². The fraction of sp³-hybridized carbons (Fsp3) is 0. The van der Waals surface area contributed by atoms with Gasteiger partial charge in [0.15, 0.2) is 11.5 Å². The van der Waals surface area contributed by atoms with Crippen LogP contribution in [0, 0.1) is 5.82 Å². The summed E-state index contributed by atoms with van der Waals surface area (Å²) in [4.78, 5) is 30.1. The second kappa shape index (κ2) is 5.74. The highest BCUT2D eigenvalue weighted by molar-refractivity contribution is 9.10. The predicted molar refractivity (Wildman–Crippen MR) is 71.0 cm³/mol. The van der Waals surface area contributed by atoms with Crippen LogP contribution in [0.25, 0.3) is 0 Å². The van der Waals surface area contributed by atoms with Crippen LogP contribution in [0.4, 0.5) is 10.2 Å². The van der Waals surface area contributed by atoms with E-state index in [1.165, 1.54) is 30.6 Å². The molecule has 0 fully saturated rings. The molecule has 1 amide bonds. The third kappa shape index (κ3) is 2.80. The SMILES string of the molecule is O=C(Nc1nccnc1C(=O)O)c1cccc(Br)c1F. The normalized spacial score (nSPS) is 10.1. The van der Waals surface area contributed by atoms with Crippen molar-refractivity contribution in [2.75, 3.05) is 5.32 Å². The van der Waals surface area contributed by atoms with E-state index >= 15 is 0 Å². The standard InChI is InChI=1S/C12H7BrFN3O3/c13-7-3-1-2-6(8(7)14)11(18)17-10-9(12(19)20)15-4-5-16-10/h1-5H,(H,19,20)(H,16,17,18). The molecule has 0 radical (unpaired) electrons. The maximum atomic E-state index is 13.8. The van der Waals surface area contributed by atoms with E-state index in [0.29, 0.717) is 0 Å². The van der Waals surface area contributed by atoms with E-state index in [2.05, 4.69) is 31.2 Å². The van der Waals surface area contributed by atoms with Crippen LogP contribution < -0.4 is 5.32 Å². The molecule has 2 aromatic rings. The number of halogens is 2. The van der Waals surface area contributed by atoms with Gasteiger partial charge in [0, 0.05) is 12.4 Å². The van der Waals surface area contributed by atoms with Crippen molar-refractivity contribution in [3.63, 3.8) is 0 Å². The summed E-state index contributed by atoms with van der Waals surface area (Å²) < 4.78 is 13.9. The number of hydrogen-bond donors (Lipinski definition) is 2. The summed E-state index contributed by atoms with van der Waals surface area (Å²) in [5, 5.41) is 11.1. The van der Waals surface area contributed by atoms with Crippen molar-refractivity contribution in [1.82, 2.24) is 9.97 Å². The Morgan fingerprint density at radius 3 is 2.65 bits per heavy atom. The number of carbonyl (C=O) groups excluding carboxylic acids is 1.